The van der Waals surface area contributed by atoms with Gasteiger partial charge in [0, 0.05) is 31.0 Å². The van der Waals surface area contributed by atoms with Crippen LogP contribution in [0.3, 0.4) is 0 Å². The Labute approximate surface area is 120 Å². The summed E-state index contributed by atoms with van der Waals surface area (Å²) < 4.78 is 6.18. The Balaban J connectivity index is 2.37. The van der Waals surface area contributed by atoms with Gasteiger partial charge in [0.1, 0.15) is 0 Å². The van der Waals surface area contributed by atoms with Crippen molar-refractivity contribution in [2.75, 3.05) is 20.3 Å². The molecule has 18 heavy (non-hydrogen) atoms. The van der Waals surface area contributed by atoms with Crippen molar-refractivity contribution < 1.29 is 4.74 Å². The Morgan fingerprint density at radius 1 is 1.61 bits per heavy atom. The molecule has 1 unspecified atom stereocenters. The van der Waals surface area contributed by atoms with Gasteiger partial charge in [-0.1, -0.05) is 0 Å². The third kappa shape index (κ3) is 5.81. The van der Waals surface area contributed by atoms with Crippen LogP contribution in [0.5, 0.6) is 0 Å². The van der Waals surface area contributed by atoms with Gasteiger partial charge in [-0.25, -0.2) is 5.84 Å². The highest BCUT2D eigenvalue weighted by Gasteiger charge is 2.03. The average molecular weight is 335 g/mol. The summed E-state index contributed by atoms with van der Waals surface area (Å²) in [5.41, 5.74) is 2.56. The second-order valence-corrected chi connectivity index (χ2v) is 6.38. The Hall–Kier alpha value is -0.630. The van der Waals surface area contributed by atoms with E-state index in [-0.39, 0.29) is 6.04 Å². The third-order valence-electron chi connectivity index (χ3n) is 2.19. The number of guanidine groups is 1. The maximum atomic E-state index is 5.41. The first-order valence-electron chi connectivity index (χ1n) is 5.66. The van der Waals surface area contributed by atoms with E-state index >= 15 is 0 Å². The number of rotatable bonds is 6. The lowest BCUT2D eigenvalue weighted by molar-refractivity contribution is 0.179. The second-order valence-electron chi connectivity index (χ2n) is 3.83. The zero-order valence-corrected chi connectivity index (χ0v) is 13.0. The van der Waals surface area contributed by atoms with Crippen molar-refractivity contribution in [3.05, 3.63) is 20.8 Å². The number of halogens is 1. The normalized spacial score (nSPS) is 13.4. The van der Waals surface area contributed by atoms with Gasteiger partial charge in [-0.15, -0.1) is 11.3 Å². The molecular formula is C11H19BrN4OS. The number of nitrogens with one attached hydrogen (secondary N) is 2. The highest BCUT2D eigenvalue weighted by atomic mass is 79.9. The molecule has 7 heteroatoms. The number of hydrogen-bond donors (Lipinski definition) is 3. The highest BCUT2D eigenvalue weighted by molar-refractivity contribution is 9.11. The third-order valence-corrected chi connectivity index (χ3v) is 3.88. The summed E-state index contributed by atoms with van der Waals surface area (Å²) in [4.78, 5) is 5.67. The van der Waals surface area contributed by atoms with Gasteiger partial charge in [-0.05, 0) is 35.0 Å². The summed E-state index contributed by atoms with van der Waals surface area (Å²) in [5.74, 6) is 6.00. The van der Waals surface area contributed by atoms with Crippen LogP contribution < -0.4 is 16.6 Å². The molecule has 1 heterocycles. The van der Waals surface area contributed by atoms with Gasteiger partial charge in [0.2, 0.25) is 5.96 Å². The molecule has 0 radical (unpaired) electrons. The fourth-order valence-electron chi connectivity index (χ4n) is 1.42. The van der Waals surface area contributed by atoms with E-state index in [0.717, 1.165) is 10.2 Å². The largest absolute Gasteiger partial charge is 0.383 e. The van der Waals surface area contributed by atoms with Gasteiger partial charge in [0.05, 0.1) is 10.4 Å². The lowest BCUT2D eigenvalue weighted by atomic mass is 10.3. The highest BCUT2D eigenvalue weighted by Crippen LogP contribution is 2.22. The van der Waals surface area contributed by atoms with Crippen molar-refractivity contribution in [3.8, 4) is 0 Å². The SMILES string of the molecule is COCC(C)NC(=NCCc1ccc(Br)s1)NN. The molecule has 0 aliphatic carbocycles. The van der Waals surface area contributed by atoms with Crippen LogP contribution in [-0.2, 0) is 11.2 Å². The van der Waals surface area contributed by atoms with E-state index in [1.807, 2.05) is 13.0 Å². The minimum atomic E-state index is 0.167. The number of nitrogens with two attached hydrogens (primary N) is 1. The average Bonchev–Trinajstić information content (AvgIpc) is 2.74. The van der Waals surface area contributed by atoms with Crippen LogP contribution in [0.25, 0.3) is 0 Å². The van der Waals surface area contributed by atoms with Gasteiger partial charge < -0.3 is 10.1 Å². The summed E-state index contributed by atoms with van der Waals surface area (Å²) in [7, 11) is 1.67. The van der Waals surface area contributed by atoms with Gasteiger partial charge >= 0.3 is 0 Å². The molecule has 0 spiro atoms. The predicted molar refractivity (Wildman–Crippen MR) is 79.8 cm³/mol. The van der Waals surface area contributed by atoms with E-state index in [9.17, 15) is 0 Å². The molecule has 1 aromatic heterocycles. The van der Waals surface area contributed by atoms with Crippen molar-refractivity contribution in [1.82, 2.24) is 10.7 Å². The van der Waals surface area contributed by atoms with Crippen molar-refractivity contribution in [2.45, 2.75) is 19.4 Å². The van der Waals surface area contributed by atoms with Crippen molar-refractivity contribution in [1.29, 1.82) is 0 Å². The van der Waals surface area contributed by atoms with E-state index in [4.69, 9.17) is 10.6 Å². The summed E-state index contributed by atoms with van der Waals surface area (Å²) in [6.07, 6.45) is 0.905. The van der Waals surface area contributed by atoms with Crippen molar-refractivity contribution in [3.63, 3.8) is 0 Å². The molecule has 0 aliphatic heterocycles. The van der Waals surface area contributed by atoms with Crippen LogP contribution >= 0.6 is 27.3 Å². The monoisotopic (exact) mass is 334 g/mol. The molecule has 0 fully saturated rings. The maximum absolute atomic E-state index is 5.41. The first-order chi connectivity index (χ1) is 8.65. The lowest BCUT2D eigenvalue weighted by Gasteiger charge is -2.15. The Kier molecular flexibility index (Phi) is 7.26. The summed E-state index contributed by atoms with van der Waals surface area (Å²) in [6.45, 7) is 3.31. The smallest absolute Gasteiger partial charge is 0.206 e. The first-order valence-corrected chi connectivity index (χ1v) is 7.27. The fourth-order valence-corrected chi connectivity index (χ4v) is 2.89. The van der Waals surface area contributed by atoms with Crippen molar-refractivity contribution in [2.24, 2.45) is 10.8 Å². The summed E-state index contributed by atoms with van der Waals surface area (Å²) in [5, 5.41) is 3.14. The number of nitrogens with zero attached hydrogens (tertiary/aromatic N) is 1. The molecule has 0 saturated carbocycles. The zero-order valence-electron chi connectivity index (χ0n) is 10.6. The molecule has 1 rings (SSSR count). The Bertz CT molecular complexity index is 383. The molecule has 4 N–H and O–H groups in total. The fraction of sp³-hybridized carbons (Fsp3) is 0.545. The second kappa shape index (κ2) is 8.47. The van der Waals surface area contributed by atoms with E-state index in [0.29, 0.717) is 19.1 Å². The van der Waals surface area contributed by atoms with Crippen LogP contribution in [0.1, 0.15) is 11.8 Å². The quantitative estimate of drug-likeness (QED) is 0.319. The van der Waals surface area contributed by atoms with Crippen LogP contribution in [0.15, 0.2) is 20.9 Å². The topological polar surface area (TPSA) is 71.7 Å². The van der Waals surface area contributed by atoms with Gasteiger partial charge in [-0.3, -0.25) is 10.4 Å². The zero-order chi connectivity index (χ0) is 13.4. The predicted octanol–water partition coefficient (Wildman–Crippen LogP) is 1.50. The number of ether oxygens (including phenoxy) is 1. The van der Waals surface area contributed by atoms with Crippen LogP contribution in [0.2, 0.25) is 0 Å². The van der Waals surface area contributed by atoms with Crippen LogP contribution in [-0.4, -0.2) is 32.3 Å². The molecule has 0 aliphatic rings. The maximum Gasteiger partial charge on any atom is 0.206 e. The van der Waals surface area contributed by atoms with Gasteiger partial charge in [-0.2, -0.15) is 0 Å². The molecule has 102 valence electrons. The number of hydrogen-bond acceptors (Lipinski definition) is 4. The molecule has 0 saturated heterocycles. The molecule has 5 nitrogen and oxygen atoms in total. The molecule has 0 amide bonds. The Morgan fingerprint density at radius 2 is 2.39 bits per heavy atom. The standard InChI is InChI=1S/C11H19BrN4OS/c1-8(7-17-2)15-11(16-13)14-6-5-9-3-4-10(12)18-9/h3-4,8H,5-7,13H2,1-2H3,(H2,14,15,16). The van der Waals surface area contributed by atoms with Gasteiger partial charge in [0.15, 0.2) is 0 Å². The van der Waals surface area contributed by atoms with Crippen LogP contribution in [0.4, 0.5) is 0 Å². The minimum absolute atomic E-state index is 0.167. The van der Waals surface area contributed by atoms with E-state index < -0.39 is 0 Å². The summed E-state index contributed by atoms with van der Waals surface area (Å²) in [6, 6.07) is 4.31. The van der Waals surface area contributed by atoms with E-state index in [1.54, 1.807) is 18.4 Å². The minimum Gasteiger partial charge on any atom is -0.383 e. The first kappa shape index (κ1) is 15.4. The number of thiophene rings is 1. The number of hydrazine groups is 1. The molecule has 1 aromatic rings. The van der Waals surface area contributed by atoms with Gasteiger partial charge in [0.25, 0.3) is 0 Å². The number of aliphatic imine (C=N–C) groups is 1. The molecule has 0 bridgehead atoms. The molecule has 0 aromatic carbocycles. The summed E-state index contributed by atoms with van der Waals surface area (Å²) >= 11 is 5.17. The molecular weight excluding hydrogens is 316 g/mol. The lowest BCUT2D eigenvalue weighted by Crippen LogP contribution is -2.47. The number of methoxy groups -OCH3 is 1. The van der Waals surface area contributed by atoms with E-state index in [2.05, 4.69) is 37.7 Å². The van der Waals surface area contributed by atoms with Crippen LogP contribution in [0, 0.1) is 0 Å². The Morgan fingerprint density at radius 3 is 2.94 bits per heavy atom. The van der Waals surface area contributed by atoms with E-state index in [1.165, 1.54) is 4.88 Å². The molecule has 1 atom stereocenters. The van der Waals surface area contributed by atoms with Crippen molar-refractivity contribution >= 4 is 33.2 Å².